The molecule has 0 spiro atoms. The molecule has 4 nitrogen and oxygen atoms in total. The van der Waals surface area contributed by atoms with E-state index >= 15 is 0 Å². The number of hydrogen-bond donors (Lipinski definition) is 2. The van der Waals surface area contributed by atoms with Crippen molar-refractivity contribution < 1.29 is 9.59 Å². The van der Waals surface area contributed by atoms with E-state index in [9.17, 15) is 9.59 Å². The van der Waals surface area contributed by atoms with Gasteiger partial charge in [0, 0.05) is 12.0 Å². The lowest BCUT2D eigenvalue weighted by atomic mass is 10.0. The van der Waals surface area contributed by atoms with Gasteiger partial charge in [0.2, 0.25) is 0 Å². The van der Waals surface area contributed by atoms with E-state index in [1.54, 1.807) is 25.1 Å². The lowest BCUT2D eigenvalue weighted by molar-refractivity contribution is -0.117. The number of hydrazine groups is 1. The minimum atomic E-state index is -0.167. The third-order valence-corrected chi connectivity index (χ3v) is 3.09. The van der Waals surface area contributed by atoms with Crippen molar-refractivity contribution in [3.63, 3.8) is 0 Å². The summed E-state index contributed by atoms with van der Waals surface area (Å²) in [4.78, 5) is 23.6. The molecule has 0 atom stereocenters. The first-order valence-corrected chi connectivity index (χ1v) is 6.91. The van der Waals surface area contributed by atoms with Gasteiger partial charge in [-0.05, 0) is 24.3 Å². The van der Waals surface area contributed by atoms with E-state index in [4.69, 9.17) is 0 Å². The van der Waals surface area contributed by atoms with Gasteiger partial charge in [0.25, 0.3) is 0 Å². The molecule has 0 heterocycles. The summed E-state index contributed by atoms with van der Waals surface area (Å²) < 4.78 is 0. The summed E-state index contributed by atoms with van der Waals surface area (Å²) in [6.45, 7) is 1.76. The Labute approximate surface area is 124 Å². The number of rotatable bonds is 7. The minimum absolute atomic E-state index is 0.0502. The lowest BCUT2D eigenvalue weighted by Gasteiger charge is -2.13. The molecule has 0 saturated heterocycles. The molecule has 0 bridgehead atoms. The molecule has 2 aromatic rings. The molecule has 0 amide bonds. The molecule has 0 radical (unpaired) electrons. The van der Waals surface area contributed by atoms with E-state index in [-0.39, 0.29) is 18.0 Å². The first kappa shape index (κ1) is 14.8. The Balaban J connectivity index is 2.09. The monoisotopic (exact) mass is 282 g/mol. The van der Waals surface area contributed by atoms with E-state index in [1.807, 2.05) is 36.4 Å². The zero-order valence-corrected chi connectivity index (χ0v) is 11.9. The molecule has 0 aliphatic heterocycles. The fraction of sp³-hybridized carbons (Fsp3) is 0.176. The molecule has 108 valence electrons. The fourth-order valence-corrected chi connectivity index (χ4v) is 1.90. The summed E-state index contributed by atoms with van der Waals surface area (Å²) in [5, 5.41) is 0. The lowest BCUT2D eigenvalue weighted by Crippen LogP contribution is -2.14. The summed E-state index contributed by atoms with van der Waals surface area (Å²) in [6.07, 6.45) is 0.324. The Kier molecular flexibility index (Phi) is 5.10. The Morgan fingerprint density at radius 1 is 0.905 bits per heavy atom. The van der Waals surface area contributed by atoms with Gasteiger partial charge < -0.3 is 10.9 Å². The molecule has 0 aliphatic carbocycles. The van der Waals surface area contributed by atoms with Crippen LogP contribution >= 0.6 is 0 Å². The number of hydrogen-bond acceptors (Lipinski definition) is 4. The first-order chi connectivity index (χ1) is 10.2. The fourth-order valence-electron chi connectivity index (χ4n) is 1.90. The molecule has 4 heteroatoms. The van der Waals surface area contributed by atoms with Gasteiger partial charge in [-0.2, -0.15) is 0 Å². The number of Topliss-reactive ketones (excluding diaryl/α,β-unsaturated/α-hetero) is 2. The van der Waals surface area contributed by atoms with Gasteiger partial charge >= 0.3 is 0 Å². The third kappa shape index (κ3) is 4.18. The Bertz CT molecular complexity index is 624. The standard InChI is InChI=1S/C17H18N2O2/c1-2-14(20)12-17(21)15-10-6-7-11-16(15)19-18-13-8-4-3-5-9-13/h3-11,18-19H,2,12H2,1H3. The van der Waals surface area contributed by atoms with Crippen LogP contribution in [0.25, 0.3) is 0 Å². The predicted molar refractivity (Wildman–Crippen MR) is 84.4 cm³/mol. The highest BCUT2D eigenvalue weighted by atomic mass is 16.1. The Morgan fingerprint density at radius 3 is 2.29 bits per heavy atom. The zero-order valence-electron chi connectivity index (χ0n) is 11.9. The quantitative estimate of drug-likeness (QED) is 0.462. The summed E-state index contributed by atoms with van der Waals surface area (Å²) in [5.74, 6) is -0.217. The van der Waals surface area contributed by atoms with Crippen LogP contribution in [0.5, 0.6) is 0 Å². The maximum absolute atomic E-state index is 12.2. The highest BCUT2D eigenvalue weighted by molar-refractivity contribution is 6.10. The summed E-state index contributed by atoms with van der Waals surface area (Å²) >= 11 is 0. The highest BCUT2D eigenvalue weighted by Crippen LogP contribution is 2.18. The second-order valence-electron chi connectivity index (χ2n) is 4.65. The van der Waals surface area contributed by atoms with Gasteiger partial charge in [-0.15, -0.1) is 0 Å². The number of carbonyl (C=O) groups excluding carboxylic acids is 2. The van der Waals surface area contributed by atoms with Crippen LogP contribution in [0.4, 0.5) is 11.4 Å². The molecule has 0 unspecified atom stereocenters. The zero-order chi connectivity index (χ0) is 15.1. The number of para-hydroxylation sites is 2. The molecule has 0 aliphatic rings. The van der Waals surface area contributed by atoms with Crippen LogP contribution in [0.1, 0.15) is 30.1 Å². The average molecular weight is 282 g/mol. The van der Waals surface area contributed by atoms with Crippen molar-refractivity contribution in [1.29, 1.82) is 0 Å². The van der Waals surface area contributed by atoms with Gasteiger partial charge in [-0.3, -0.25) is 9.59 Å². The number of anilines is 2. The van der Waals surface area contributed by atoms with Crippen molar-refractivity contribution in [2.24, 2.45) is 0 Å². The largest absolute Gasteiger partial charge is 0.301 e. The molecule has 21 heavy (non-hydrogen) atoms. The third-order valence-electron chi connectivity index (χ3n) is 3.09. The van der Waals surface area contributed by atoms with E-state index < -0.39 is 0 Å². The summed E-state index contributed by atoms with van der Waals surface area (Å²) in [6, 6.07) is 16.8. The van der Waals surface area contributed by atoms with Crippen LogP contribution in [-0.4, -0.2) is 11.6 Å². The van der Waals surface area contributed by atoms with Crippen LogP contribution in [0, 0.1) is 0 Å². The van der Waals surface area contributed by atoms with Gasteiger partial charge in [0.05, 0.1) is 17.8 Å². The van der Waals surface area contributed by atoms with Crippen molar-refractivity contribution in [2.45, 2.75) is 19.8 Å². The number of nitrogens with one attached hydrogen (secondary N) is 2. The highest BCUT2D eigenvalue weighted by Gasteiger charge is 2.13. The van der Waals surface area contributed by atoms with E-state index in [0.29, 0.717) is 17.7 Å². The Morgan fingerprint density at radius 2 is 1.57 bits per heavy atom. The van der Waals surface area contributed by atoms with Crippen molar-refractivity contribution in [3.8, 4) is 0 Å². The Hall–Kier alpha value is -2.62. The molecular formula is C17H18N2O2. The SMILES string of the molecule is CCC(=O)CC(=O)c1ccccc1NNc1ccccc1. The molecule has 0 aromatic heterocycles. The van der Waals surface area contributed by atoms with Crippen LogP contribution in [0.15, 0.2) is 54.6 Å². The van der Waals surface area contributed by atoms with Crippen molar-refractivity contribution >= 4 is 22.9 Å². The van der Waals surface area contributed by atoms with Gasteiger partial charge in [0.15, 0.2) is 5.78 Å². The smallest absolute Gasteiger partial charge is 0.172 e. The predicted octanol–water partition coefficient (Wildman–Crippen LogP) is 3.68. The molecule has 0 fully saturated rings. The van der Waals surface area contributed by atoms with Crippen molar-refractivity contribution in [2.75, 3.05) is 10.9 Å². The molecule has 2 N–H and O–H groups in total. The van der Waals surface area contributed by atoms with Crippen LogP contribution < -0.4 is 10.9 Å². The van der Waals surface area contributed by atoms with Crippen molar-refractivity contribution in [3.05, 3.63) is 60.2 Å². The van der Waals surface area contributed by atoms with Crippen LogP contribution in [0.2, 0.25) is 0 Å². The second-order valence-corrected chi connectivity index (χ2v) is 4.65. The van der Waals surface area contributed by atoms with Gasteiger partial charge in [-0.1, -0.05) is 37.3 Å². The molecular weight excluding hydrogens is 264 g/mol. The van der Waals surface area contributed by atoms with Crippen molar-refractivity contribution in [1.82, 2.24) is 0 Å². The van der Waals surface area contributed by atoms with Gasteiger partial charge in [0.1, 0.15) is 5.78 Å². The first-order valence-electron chi connectivity index (χ1n) is 6.91. The van der Waals surface area contributed by atoms with E-state index in [1.165, 1.54) is 0 Å². The second kappa shape index (κ2) is 7.24. The number of benzene rings is 2. The van der Waals surface area contributed by atoms with E-state index in [2.05, 4.69) is 10.9 Å². The normalized spacial score (nSPS) is 9.95. The summed E-state index contributed by atoms with van der Waals surface area (Å²) in [7, 11) is 0. The van der Waals surface area contributed by atoms with Gasteiger partial charge in [-0.25, -0.2) is 0 Å². The van der Waals surface area contributed by atoms with Crippen LogP contribution in [-0.2, 0) is 4.79 Å². The number of ketones is 2. The van der Waals surface area contributed by atoms with Crippen LogP contribution in [0.3, 0.4) is 0 Å². The topological polar surface area (TPSA) is 58.2 Å². The maximum atomic E-state index is 12.2. The minimum Gasteiger partial charge on any atom is -0.301 e. The average Bonchev–Trinajstić information content (AvgIpc) is 2.54. The molecule has 0 saturated carbocycles. The summed E-state index contributed by atoms with van der Waals surface area (Å²) in [5.41, 5.74) is 8.13. The van der Waals surface area contributed by atoms with E-state index in [0.717, 1.165) is 5.69 Å². The number of carbonyl (C=O) groups is 2. The molecule has 2 aromatic carbocycles. The molecule has 2 rings (SSSR count). The maximum Gasteiger partial charge on any atom is 0.172 e.